The maximum Gasteiger partial charge on any atom is 0.151 e. The molecule has 1 rings (SSSR count). The summed E-state index contributed by atoms with van der Waals surface area (Å²) in [5.41, 5.74) is 1.96. The van der Waals surface area contributed by atoms with Crippen LogP contribution in [0.25, 0.3) is 0 Å². The van der Waals surface area contributed by atoms with E-state index >= 15 is 0 Å². The first-order valence-electron chi connectivity index (χ1n) is 6.17. The van der Waals surface area contributed by atoms with E-state index in [2.05, 4.69) is 5.32 Å². The summed E-state index contributed by atoms with van der Waals surface area (Å²) in [4.78, 5) is 0. The summed E-state index contributed by atoms with van der Waals surface area (Å²) >= 11 is 0. The second kappa shape index (κ2) is 7.51. The maximum absolute atomic E-state index is 11.5. The molecule has 0 aliphatic heterocycles. The molecule has 0 aromatic heterocycles. The summed E-state index contributed by atoms with van der Waals surface area (Å²) in [5, 5.41) is 12.0. The molecule has 0 saturated carbocycles. The van der Waals surface area contributed by atoms with Crippen molar-refractivity contribution in [1.29, 1.82) is 0 Å². The van der Waals surface area contributed by atoms with Gasteiger partial charge in [0.2, 0.25) is 0 Å². The highest BCUT2D eigenvalue weighted by molar-refractivity contribution is 7.91. The largest absolute Gasteiger partial charge is 0.392 e. The van der Waals surface area contributed by atoms with Gasteiger partial charge >= 0.3 is 0 Å². The Labute approximate surface area is 109 Å². The fourth-order valence-corrected chi connectivity index (χ4v) is 2.92. The molecular weight excluding hydrogens is 250 g/mol. The first-order valence-corrected chi connectivity index (χ1v) is 7.99. The molecule has 0 spiro atoms. The van der Waals surface area contributed by atoms with Crippen LogP contribution < -0.4 is 5.32 Å². The average molecular weight is 271 g/mol. The fourth-order valence-electron chi connectivity index (χ4n) is 1.64. The van der Waals surface area contributed by atoms with E-state index in [9.17, 15) is 8.42 Å². The van der Waals surface area contributed by atoms with Gasteiger partial charge in [0.15, 0.2) is 9.84 Å². The summed E-state index contributed by atoms with van der Waals surface area (Å²) < 4.78 is 22.9. The van der Waals surface area contributed by atoms with Gasteiger partial charge in [0.25, 0.3) is 0 Å². The Kier molecular flexibility index (Phi) is 6.32. The van der Waals surface area contributed by atoms with Crippen molar-refractivity contribution in [2.75, 3.05) is 18.1 Å². The minimum atomic E-state index is -2.89. The van der Waals surface area contributed by atoms with Crippen LogP contribution in [0.15, 0.2) is 24.3 Å². The molecule has 102 valence electrons. The molecule has 0 aliphatic carbocycles. The average Bonchev–Trinajstić information content (AvgIpc) is 2.35. The summed E-state index contributed by atoms with van der Waals surface area (Å²) in [5.74, 6) is 0.454. The molecular formula is C13H21NO3S. The van der Waals surface area contributed by atoms with Crippen LogP contribution in [0.3, 0.4) is 0 Å². The van der Waals surface area contributed by atoms with Crippen molar-refractivity contribution in [3.05, 3.63) is 35.4 Å². The van der Waals surface area contributed by atoms with E-state index in [0.717, 1.165) is 11.1 Å². The molecule has 1 aromatic rings. The normalized spacial score (nSPS) is 11.7. The zero-order chi connectivity index (χ0) is 13.4. The van der Waals surface area contributed by atoms with Crippen molar-refractivity contribution < 1.29 is 13.5 Å². The van der Waals surface area contributed by atoms with E-state index in [4.69, 9.17) is 5.11 Å². The third-order valence-corrected chi connectivity index (χ3v) is 4.50. The van der Waals surface area contributed by atoms with E-state index in [-0.39, 0.29) is 18.1 Å². The van der Waals surface area contributed by atoms with E-state index in [0.29, 0.717) is 19.5 Å². The van der Waals surface area contributed by atoms with Gasteiger partial charge < -0.3 is 10.4 Å². The zero-order valence-corrected chi connectivity index (χ0v) is 11.5. The van der Waals surface area contributed by atoms with Crippen LogP contribution in [0.4, 0.5) is 0 Å². The van der Waals surface area contributed by atoms with Crippen LogP contribution in [0, 0.1) is 0 Å². The third kappa shape index (κ3) is 5.62. The second-order valence-electron chi connectivity index (χ2n) is 4.30. The molecule has 0 atom stereocenters. The summed E-state index contributed by atoms with van der Waals surface area (Å²) in [6.45, 7) is 3.04. The Morgan fingerprint density at radius 2 is 1.72 bits per heavy atom. The number of nitrogens with one attached hydrogen (secondary N) is 1. The van der Waals surface area contributed by atoms with Gasteiger partial charge in [-0.2, -0.15) is 0 Å². The topological polar surface area (TPSA) is 66.4 Å². The zero-order valence-electron chi connectivity index (χ0n) is 10.7. The van der Waals surface area contributed by atoms with Crippen molar-refractivity contribution in [1.82, 2.24) is 5.32 Å². The predicted molar refractivity (Wildman–Crippen MR) is 73.0 cm³/mol. The lowest BCUT2D eigenvalue weighted by atomic mass is 10.1. The Bertz CT molecular complexity index is 440. The van der Waals surface area contributed by atoms with Crippen molar-refractivity contribution in [3.8, 4) is 0 Å². The molecule has 0 fully saturated rings. The minimum absolute atomic E-state index is 0.0446. The molecule has 0 unspecified atom stereocenters. The molecule has 0 heterocycles. The lowest BCUT2D eigenvalue weighted by Crippen LogP contribution is -2.24. The number of hydrogen-bond donors (Lipinski definition) is 2. The number of sulfone groups is 1. The van der Waals surface area contributed by atoms with Gasteiger partial charge in [0, 0.05) is 18.8 Å². The van der Waals surface area contributed by atoms with Gasteiger partial charge in [-0.1, -0.05) is 31.2 Å². The van der Waals surface area contributed by atoms with Gasteiger partial charge in [0.1, 0.15) is 0 Å². The van der Waals surface area contributed by atoms with Crippen LogP contribution in [0.5, 0.6) is 0 Å². The van der Waals surface area contributed by atoms with E-state index in [1.165, 1.54) is 0 Å². The quantitative estimate of drug-likeness (QED) is 0.695. The second-order valence-corrected chi connectivity index (χ2v) is 6.61. The number of aliphatic hydroxyl groups excluding tert-OH is 1. The van der Waals surface area contributed by atoms with Crippen LogP contribution in [-0.4, -0.2) is 31.6 Å². The molecule has 1 aromatic carbocycles. The van der Waals surface area contributed by atoms with Crippen molar-refractivity contribution >= 4 is 9.84 Å². The molecule has 4 nitrogen and oxygen atoms in total. The number of aliphatic hydroxyl groups is 1. The van der Waals surface area contributed by atoms with Crippen LogP contribution >= 0.6 is 0 Å². The van der Waals surface area contributed by atoms with Gasteiger partial charge in [-0.15, -0.1) is 0 Å². The third-order valence-electron chi connectivity index (χ3n) is 2.64. The molecule has 0 saturated heterocycles. The first-order chi connectivity index (χ1) is 8.57. The van der Waals surface area contributed by atoms with E-state index < -0.39 is 9.84 Å². The Morgan fingerprint density at radius 1 is 1.11 bits per heavy atom. The number of hydrogen-bond acceptors (Lipinski definition) is 4. The van der Waals surface area contributed by atoms with Crippen LogP contribution in [0.1, 0.15) is 24.5 Å². The highest BCUT2D eigenvalue weighted by Gasteiger charge is 2.07. The van der Waals surface area contributed by atoms with Crippen molar-refractivity contribution in [2.24, 2.45) is 0 Å². The van der Waals surface area contributed by atoms with Crippen LogP contribution in [0.2, 0.25) is 0 Å². The predicted octanol–water partition coefficient (Wildman–Crippen LogP) is 1.09. The lowest BCUT2D eigenvalue weighted by molar-refractivity contribution is 0.282. The maximum atomic E-state index is 11.5. The number of benzene rings is 1. The van der Waals surface area contributed by atoms with Gasteiger partial charge in [-0.3, -0.25) is 0 Å². The summed E-state index contributed by atoms with van der Waals surface area (Å²) in [6.07, 6.45) is 0.672. The standard InChI is InChI=1S/C13H21NO3S/c1-2-8-18(16,17)9-7-14-10-12-3-5-13(11-15)6-4-12/h3-6,14-15H,2,7-11H2,1H3. The molecule has 0 bridgehead atoms. The molecule has 5 heteroatoms. The molecule has 0 amide bonds. The smallest absolute Gasteiger partial charge is 0.151 e. The van der Waals surface area contributed by atoms with Crippen molar-refractivity contribution in [3.63, 3.8) is 0 Å². The van der Waals surface area contributed by atoms with Crippen LogP contribution in [-0.2, 0) is 23.0 Å². The molecule has 2 N–H and O–H groups in total. The fraction of sp³-hybridized carbons (Fsp3) is 0.538. The SMILES string of the molecule is CCCS(=O)(=O)CCNCc1ccc(CO)cc1. The van der Waals surface area contributed by atoms with Gasteiger partial charge in [-0.25, -0.2) is 8.42 Å². The highest BCUT2D eigenvalue weighted by atomic mass is 32.2. The van der Waals surface area contributed by atoms with E-state index in [1.807, 2.05) is 31.2 Å². The Balaban J connectivity index is 2.29. The molecule has 0 aliphatic rings. The Hall–Kier alpha value is -0.910. The minimum Gasteiger partial charge on any atom is -0.392 e. The monoisotopic (exact) mass is 271 g/mol. The number of rotatable bonds is 8. The summed E-state index contributed by atoms with van der Waals surface area (Å²) in [6, 6.07) is 7.59. The Morgan fingerprint density at radius 3 is 2.28 bits per heavy atom. The van der Waals surface area contributed by atoms with Gasteiger partial charge in [-0.05, 0) is 17.5 Å². The highest BCUT2D eigenvalue weighted by Crippen LogP contribution is 2.03. The summed E-state index contributed by atoms with van der Waals surface area (Å²) in [7, 11) is -2.89. The van der Waals surface area contributed by atoms with E-state index in [1.54, 1.807) is 0 Å². The molecule has 18 heavy (non-hydrogen) atoms. The van der Waals surface area contributed by atoms with Crippen molar-refractivity contribution in [2.45, 2.75) is 26.5 Å². The lowest BCUT2D eigenvalue weighted by Gasteiger charge is -2.06. The van der Waals surface area contributed by atoms with Gasteiger partial charge in [0.05, 0.1) is 12.4 Å². The first kappa shape index (κ1) is 15.1. The molecule has 0 radical (unpaired) electrons.